The number of benzene rings is 2. The number of esters is 1. The minimum absolute atomic E-state index is 0.0720. The Morgan fingerprint density at radius 3 is 2.49 bits per heavy atom. The molecular formula is C25H27Cl2N3O4S. The first-order valence-corrected chi connectivity index (χ1v) is 12.6. The van der Waals surface area contributed by atoms with Crippen molar-refractivity contribution in [2.24, 2.45) is 5.92 Å². The maximum Gasteiger partial charge on any atom is 0.408 e. The van der Waals surface area contributed by atoms with Gasteiger partial charge >= 0.3 is 12.1 Å². The Morgan fingerprint density at radius 1 is 1.09 bits per heavy atom. The monoisotopic (exact) mass is 535 g/mol. The molecule has 0 saturated carbocycles. The zero-order valence-electron chi connectivity index (χ0n) is 19.6. The fraction of sp³-hybridized carbons (Fsp3) is 0.320. The predicted octanol–water partition coefficient (Wildman–Crippen LogP) is 6.20. The molecule has 0 bridgehead atoms. The number of thiazole rings is 1. The fourth-order valence-electron chi connectivity index (χ4n) is 3.24. The predicted molar refractivity (Wildman–Crippen MR) is 140 cm³/mol. The summed E-state index contributed by atoms with van der Waals surface area (Å²) in [4.78, 5) is 30.4. The number of nitrogens with zero attached hydrogens (tertiary/aromatic N) is 1. The number of hydrogen-bond donors (Lipinski definition) is 2. The summed E-state index contributed by atoms with van der Waals surface area (Å²) in [5, 5.41) is 7.23. The highest BCUT2D eigenvalue weighted by Gasteiger charge is 2.23. The van der Waals surface area contributed by atoms with Gasteiger partial charge in [-0.15, -0.1) is 11.3 Å². The van der Waals surface area contributed by atoms with E-state index in [0.717, 1.165) is 28.1 Å². The van der Waals surface area contributed by atoms with E-state index in [1.165, 1.54) is 18.4 Å². The van der Waals surface area contributed by atoms with Gasteiger partial charge in [-0.05, 0) is 30.0 Å². The van der Waals surface area contributed by atoms with Gasteiger partial charge in [0, 0.05) is 17.0 Å². The number of hydrogen-bond acceptors (Lipinski definition) is 7. The van der Waals surface area contributed by atoms with Crippen LogP contribution in [0.1, 0.15) is 24.3 Å². The van der Waals surface area contributed by atoms with E-state index in [0.29, 0.717) is 21.1 Å². The van der Waals surface area contributed by atoms with Crippen LogP contribution in [0, 0.1) is 5.92 Å². The van der Waals surface area contributed by atoms with Crippen molar-refractivity contribution in [3.8, 4) is 11.3 Å². The third kappa shape index (κ3) is 7.85. The van der Waals surface area contributed by atoms with Gasteiger partial charge in [0.25, 0.3) is 0 Å². The molecule has 0 aliphatic heterocycles. The van der Waals surface area contributed by atoms with Crippen LogP contribution in [0.2, 0.25) is 10.0 Å². The summed E-state index contributed by atoms with van der Waals surface area (Å²) in [5.74, 6) is -0.188. The van der Waals surface area contributed by atoms with Gasteiger partial charge in [-0.3, -0.25) is 0 Å². The molecule has 1 amide bonds. The SMILES string of the molecule is COC(=O)C(CNc1nc(-c2ccc(Cl)c(Cl)c2)c(CC(C)C)s1)NC(=O)OCc1ccccc1. The van der Waals surface area contributed by atoms with Crippen LogP contribution in [0.25, 0.3) is 11.3 Å². The lowest BCUT2D eigenvalue weighted by Crippen LogP contribution is -2.46. The minimum atomic E-state index is -0.964. The number of anilines is 1. The van der Waals surface area contributed by atoms with Gasteiger partial charge in [-0.25, -0.2) is 14.6 Å². The van der Waals surface area contributed by atoms with Crippen LogP contribution in [0.4, 0.5) is 9.93 Å². The second-order valence-corrected chi connectivity index (χ2v) is 10.1. The van der Waals surface area contributed by atoms with Crippen LogP contribution in [-0.4, -0.2) is 36.7 Å². The molecule has 7 nitrogen and oxygen atoms in total. The van der Waals surface area contributed by atoms with Crippen LogP contribution in [-0.2, 0) is 27.3 Å². The summed E-state index contributed by atoms with van der Waals surface area (Å²) >= 11 is 13.8. The van der Waals surface area contributed by atoms with E-state index in [1.807, 2.05) is 36.4 Å². The number of nitrogens with one attached hydrogen (secondary N) is 2. The lowest BCUT2D eigenvalue weighted by Gasteiger charge is -2.16. The van der Waals surface area contributed by atoms with E-state index in [9.17, 15) is 9.59 Å². The summed E-state index contributed by atoms with van der Waals surface area (Å²) in [7, 11) is 1.26. The largest absolute Gasteiger partial charge is 0.467 e. The number of amides is 1. The molecular weight excluding hydrogens is 509 g/mol. The molecule has 10 heteroatoms. The van der Waals surface area contributed by atoms with Crippen LogP contribution in [0.5, 0.6) is 0 Å². The topological polar surface area (TPSA) is 89.5 Å². The number of aromatic nitrogens is 1. The maximum atomic E-state index is 12.3. The van der Waals surface area contributed by atoms with Gasteiger partial charge in [-0.1, -0.05) is 73.4 Å². The Labute approximate surface area is 218 Å². The average Bonchev–Trinajstić information content (AvgIpc) is 3.24. The highest BCUT2D eigenvalue weighted by Crippen LogP contribution is 2.35. The number of carbonyl (C=O) groups is 2. The van der Waals surface area contributed by atoms with Crippen molar-refractivity contribution < 1.29 is 19.1 Å². The summed E-state index contributed by atoms with van der Waals surface area (Å²) in [5.41, 5.74) is 2.49. The van der Waals surface area contributed by atoms with Crippen LogP contribution >= 0.6 is 34.5 Å². The van der Waals surface area contributed by atoms with Crippen molar-refractivity contribution in [1.29, 1.82) is 0 Å². The number of methoxy groups -OCH3 is 1. The second kappa shape index (κ2) is 12.8. The summed E-state index contributed by atoms with van der Waals surface area (Å²) in [6.07, 6.45) is 0.0987. The smallest absolute Gasteiger partial charge is 0.408 e. The first-order chi connectivity index (χ1) is 16.8. The standard InChI is InChI=1S/C25H27Cl2N3O4S/c1-15(2)11-21-22(17-9-10-18(26)19(27)12-17)30-24(35-21)28-13-20(23(31)33-3)29-25(32)34-14-16-7-5-4-6-8-16/h4-10,12,15,20H,11,13-14H2,1-3H3,(H,28,30)(H,29,32). The zero-order valence-corrected chi connectivity index (χ0v) is 22.0. The number of carbonyl (C=O) groups excluding carboxylic acids is 2. The van der Waals surface area contributed by atoms with Crippen molar-refractivity contribution in [2.45, 2.75) is 32.9 Å². The van der Waals surface area contributed by atoms with E-state index >= 15 is 0 Å². The third-order valence-electron chi connectivity index (χ3n) is 4.93. The normalized spacial score (nSPS) is 11.7. The van der Waals surface area contributed by atoms with Gasteiger partial charge in [0.1, 0.15) is 12.6 Å². The van der Waals surface area contributed by atoms with E-state index in [4.69, 9.17) is 37.7 Å². The Balaban J connectivity index is 1.70. The van der Waals surface area contributed by atoms with Gasteiger partial charge < -0.3 is 20.1 Å². The molecule has 1 unspecified atom stereocenters. The van der Waals surface area contributed by atoms with E-state index in [-0.39, 0.29) is 13.2 Å². The molecule has 0 fully saturated rings. The number of ether oxygens (including phenoxy) is 2. The first kappa shape index (κ1) is 26.8. The number of alkyl carbamates (subject to hydrolysis) is 1. The Bertz CT molecular complexity index is 1150. The van der Waals surface area contributed by atoms with Crippen molar-refractivity contribution >= 4 is 51.7 Å². The number of rotatable bonds is 10. The van der Waals surface area contributed by atoms with Crippen molar-refractivity contribution in [1.82, 2.24) is 10.3 Å². The highest BCUT2D eigenvalue weighted by atomic mass is 35.5. The molecule has 2 aromatic carbocycles. The molecule has 0 saturated heterocycles. The first-order valence-electron chi connectivity index (χ1n) is 11.0. The van der Waals surface area contributed by atoms with Gasteiger partial charge in [0.2, 0.25) is 0 Å². The molecule has 0 aliphatic rings. The third-order valence-corrected chi connectivity index (χ3v) is 6.71. The van der Waals surface area contributed by atoms with Gasteiger partial charge in [0.15, 0.2) is 5.13 Å². The molecule has 3 aromatic rings. The average molecular weight is 536 g/mol. The van der Waals surface area contributed by atoms with Gasteiger partial charge in [0.05, 0.1) is 22.8 Å². The molecule has 3 rings (SSSR count). The zero-order chi connectivity index (χ0) is 25.4. The summed E-state index contributed by atoms with van der Waals surface area (Å²) in [6.45, 7) is 4.42. The Morgan fingerprint density at radius 2 is 1.83 bits per heavy atom. The van der Waals surface area contributed by atoms with E-state index < -0.39 is 18.1 Å². The van der Waals surface area contributed by atoms with Crippen LogP contribution in [0.15, 0.2) is 48.5 Å². The minimum Gasteiger partial charge on any atom is -0.467 e. The lowest BCUT2D eigenvalue weighted by atomic mass is 10.0. The molecule has 0 radical (unpaired) electrons. The van der Waals surface area contributed by atoms with E-state index in [1.54, 1.807) is 12.1 Å². The van der Waals surface area contributed by atoms with Crippen LogP contribution in [0.3, 0.4) is 0 Å². The summed E-state index contributed by atoms with van der Waals surface area (Å²) < 4.78 is 10.1. The molecule has 0 aliphatic carbocycles. The molecule has 1 aromatic heterocycles. The lowest BCUT2D eigenvalue weighted by molar-refractivity contribution is -0.142. The van der Waals surface area contributed by atoms with Crippen molar-refractivity contribution in [3.05, 3.63) is 69.0 Å². The molecule has 1 heterocycles. The summed E-state index contributed by atoms with van der Waals surface area (Å²) in [6, 6.07) is 13.7. The maximum absolute atomic E-state index is 12.3. The Hall–Kier alpha value is -2.81. The second-order valence-electron chi connectivity index (χ2n) is 8.18. The van der Waals surface area contributed by atoms with Crippen LogP contribution < -0.4 is 10.6 Å². The highest BCUT2D eigenvalue weighted by molar-refractivity contribution is 7.16. The van der Waals surface area contributed by atoms with Crippen molar-refractivity contribution in [2.75, 3.05) is 19.0 Å². The molecule has 1 atom stereocenters. The van der Waals surface area contributed by atoms with E-state index in [2.05, 4.69) is 24.5 Å². The Kier molecular flexibility index (Phi) is 9.77. The fourth-order valence-corrected chi connectivity index (χ4v) is 4.74. The molecule has 186 valence electrons. The molecule has 0 spiro atoms. The van der Waals surface area contributed by atoms with Crippen molar-refractivity contribution in [3.63, 3.8) is 0 Å². The molecule has 35 heavy (non-hydrogen) atoms. The van der Waals surface area contributed by atoms with Gasteiger partial charge in [-0.2, -0.15) is 0 Å². The number of halogens is 2. The quantitative estimate of drug-likeness (QED) is 0.300. The molecule has 2 N–H and O–H groups in total.